The zero-order valence-corrected chi connectivity index (χ0v) is 13.6. The highest BCUT2D eigenvalue weighted by molar-refractivity contribution is 7.92. The van der Waals surface area contributed by atoms with Crippen LogP contribution >= 0.6 is 0 Å². The first kappa shape index (κ1) is 16.8. The van der Waals surface area contributed by atoms with Crippen molar-refractivity contribution in [3.05, 3.63) is 53.6 Å². The number of hydrogen-bond acceptors (Lipinski definition) is 4. The Morgan fingerprint density at radius 3 is 2.39 bits per heavy atom. The van der Waals surface area contributed by atoms with Crippen LogP contribution in [-0.4, -0.2) is 26.1 Å². The van der Waals surface area contributed by atoms with Gasteiger partial charge in [-0.15, -0.1) is 0 Å². The summed E-state index contributed by atoms with van der Waals surface area (Å²) in [4.78, 5) is 11.3. The summed E-state index contributed by atoms with van der Waals surface area (Å²) in [6.45, 7) is 4.05. The first-order valence-electron chi connectivity index (χ1n) is 6.93. The van der Waals surface area contributed by atoms with E-state index in [1.807, 2.05) is 6.92 Å². The van der Waals surface area contributed by atoms with Crippen LogP contribution in [0.25, 0.3) is 0 Å². The molecule has 6 nitrogen and oxygen atoms in total. The summed E-state index contributed by atoms with van der Waals surface area (Å²) in [7, 11) is -3.88. The Labute approximate surface area is 134 Å². The standard InChI is InChI=1S/C16H17NO5S/c1-3-22-12-5-7-13(8-6-12)23(20,21)17-15-9-4-11(2)10-14(15)16(18)19/h4-10,17H,3H2,1-2H3,(H,18,19). The summed E-state index contributed by atoms with van der Waals surface area (Å²) in [5, 5.41) is 9.20. The molecular weight excluding hydrogens is 318 g/mol. The van der Waals surface area contributed by atoms with Crippen molar-refractivity contribution in [2.45, 2.75) is 18.7 Å². The van der Waals surface area contributed by atoms with Crippen LogP contribution in [0.4, 0.5) is 5.69 Å². The van der Waals surface area contributed by atoms with Crippen LogP contribution in [0.5, 0.6) is 5.75 Å². The van der Waals surface area contributed by atoms with Crippen molar-refractivity contribution in [3.63, 3.8) is 0 Å². The Morgan fingerprint density at radius 2 is 1.83 bits per heavy atom. The molecule has 2 aromatic carbocycles. The van der Waals surface area contributed by atoms with Gasteiger partial charge in [0.1, 0.15) is 5.75 Å². The number of benzene rings is 2. The second kappa shape index (κ2) is 6.70. The molecule has 0 spiro atoms. The first-order valence-corrected chi connectivity index (χ1v) is 8.41. The molecule has 7 heteroatoms. The third-order valence-corrected chi connectivity index (χ3v) is 4.48. The van der Waals surface area contributed by atoms with Gasteiger partial charge in [0, 0.05) is 0 Å². The number of aryl methyl sites for hydroxylation is 1. The molecule has 0 unspecified atom stereocenters. The number of hydrogen-bond donors (Lipinski definition) is 2. The van der Waals surface area contributed by atoms with E-state index in [2.05, 4.69) is 4.72 Å². The molecule has 122 valence electrons. The van der Waals surface area contributed by atoms with E-state index in [-0.39, 0.29) is 16.1 Å². The average molecular weight is 335 g/mol. The van der Waals surface area contributed by atoms with Gasteiger partial charge in [-0.05, 0) is 50.2 Å². The van der Waals surface area contributed by atoms with Crippen LogP contribution in [0, 0.1) is 6.92 Å². The molecular formula is C16H17NO5S. The summed E-state index contributed by atoms with van der Waals surface area (Å²) in [5.74, 6) is -0.633. The molecule has 0 saturated heterocycles. The lowest BCUT2D eigenvalue weighted by Gasteiger charge is -2.12. The van der Waals surface area contributed by atoms with Crippen molar-refractivity contribution in [2.75, 3.05) is 11.3 Å². The summed E-state index contributed by atoms with van der Waals surface area (Å²) in [6, 6.07) is 10.4. The van der Waals surface area contributed by atoms with Gasteiger partial charge in [-0.25, -0.2) is 13.2 Å². The molecule has 0 fully saturated rings. The van der Waals surface area contributed by atoms with Crippen LogP contribution in [0.3, 0.4) is 0 Å². The lowest BCUT2D eigenvalue weighted by atomic mass is 10.1. The third-order valence-electron chi connectivity index (χ3n) is 3.09. The van der Waals surface area contributed by atoms with Crippen molar-refractivity contribution >= 4 is 21.7 Å². The van der Waals surface area contributed by atoms with Crippen LogP contribution in [0.1, 0.15) is 22.8 Å². The van der Waals surface area contributed by atoms with Gasteiger partial charge < -0.3 is 9.84 Å². The van der Waals surface area contributed by atoms with Crippen molar-refractivity contribution in [3.8, 4) is 5.75 Å². The van der Waals surface area contributed by atoms with E-state index in [1.54, 1.807) is 25.1 Å². The van der Waals surface area contributed by atoms with Crippen LogP contribution in [-0.2, 0) is 10.0 Å². The number of carbonyl (C=O) groups is 1. The van der Waals surface area contributed by atoms with Gasteiger partial charge >= 0.3 is 5.97 Å². The smallest absolute Gasteiger partial charge is 0.337 e. The topological polar surface area (TPSA) is 92.7 Å². The molecule has 0 aliphatic rings. The van der Waals surface area contributed by atoms with Gasteiger partial charge in [-0.2, -0.15) is 0 Å². The molecule has 2 aromatic rings. The van der Waals surface area contributed by atoms with Gasteiger partial charge in [0.2, 0.25) is 0 Å². The molecule has 0 amide bonds. The van der Waals surface area contributed by atoms with Gasteiger partial charge in [0.15, 0.2) is 0 Å². The largest absolute Gasteiger partial charge is 0.494 e. The molecule has 0 atom stereocenters. The van der Waals surface area contributed by atoms with E-state index in [0.717, 1.165) is 5.56 Å². The average Bonchev–Trinajstić information content (AvgIpc) is 2.49. The zero-order chi connectivity index (χ0) is 17.0. The summed E-state index contributed by atoms with van der Waals surface area (Å²) < 4.78 is 32.3. The van der Waals surface area contributed by atoms with E-state index in [0.29, 0.717) is 12.4 Å². The number of anilines is 1. The maximum absolute atomic E-state index is 12.4. The van der Waals surface area contributed by atoms with Crippen molar-refractivity contribution in [1.29, 1.82) is 0 Å². The number of sulfonamides is 1. The predicted octanol–water partition coefficient (Wildman–Crippen LogP) is 2.89. The second-order valence-electron chi connectivity index (χ2n) is 4.86. The van der Waals surface area contributed by atoms with Gasteiger partial charge in [0.25, 0.3) is 10.0 Å². The number of carboxylic acids is 1. The summed E-state index contributed by atoms with van der Waals surface area (Å²) in [6.07, 6.45) is 0. The Bertz CT molecular complexity index is 813. The van der Waals surface area contributed by atoms with E-state index in [9.17, 15) is 18.3 Å². The Hall–Kier alpha value is -2.54. The monoisotopic (exact) mass is 335 g/mol. The maximum Gasteiger partial charge on any atom is 0.337 e. The zero-order valence-electron chi connectivity index (χ0n) is 12.7. The van der Waals surface area contributed by atoms with E-state index >= 15 is 0 Å². The molecule has 0 aliphatic carbocycles. The highest BCUT2D eigenvalue weighted by Gasteiger charge is 2.18. The summed E-state index contributed by atoms with van der Waals surface area (Å²) in [5.41, 5.74) is 0.655. The first-order chi connectivity index (χ1) is 10.8. The number of rotatable bonds is 6. The molecule has 0 heterocycles. The van der Waals surface area contributed by atoms with Crippen molar-refractivity contribution in [1.82, 2.24) is 0 Å². The molecule has 0 aliphatic heterocycles. The quantitative estimate of drug-likeness (QED) is 0.847. The molecule has 2 rings (SSSR count). The minimum atomic E-state index is -3.88. The molecule has 2 N–H and O–H groups in total. The SMILES string of the molecule is CCOc1ccc(S(=O)(=O)Nc2ccc(C)cc2C(=O)O)cc1. The van der Waals surface area contributed by atoms with E-state index in [1.165, 1.54) is 24.3 Å². The highest BCUT2D eigenvalue weighted by Crippen LogP contribution is 2.23. The Kier molecular flexibility index (Phi) is 4.90. The van der Waals surface area contributed by atoms with Gasteiger partial charge in [0.05, 0.1) is 22.8 Å². The van der Waals surface area contributed by atoms with Gasteiger partial charge in [-0.3, -0.25) is 4.72 Å². The maximum atomic E-state index is 12.4. The second-order valence-corrected chi connectivity index (χ2v) is 6.55. The molecule has 0 bridgehead atoms. The molecule has 0 aromatic heterocycles. The number of nitrogens with one attached hydrogen (secondary N) is 1. The molecule has 0 radical (unpaired) electrons. The molecule has 23 heavy (non-hydrogen) atoms. The third kappa shape index (κ3) is 4.01. The fraction of sp³-hybridized carbons (Fsp3) is 0.188. The lowest BCUT2D eigenvalue weighted by Crippen LogP contribution is -2.15. The van der Waals surface area contributed by atoms with Crippen LogP contribution in [0.15, 0.2) is 47.4 Å². The number of ether oxygens (including phenoxy) is 1. The number of aromatic carboxylic acids is 1. The Balaban J connectivity index is 2.33. The van der Waals surface area contributed by atoms with E-state index in [4.69, 9.17) is 4.74 Å². The van der Waals surface area contributed by atoms with Crippen LogP contribution in [0.2, 0.25) is 0 Å². The minimum Gasteiger partial charge on any atom is -0.494 e. The van der Waals surface area contributed by atoms with Gasteiger partial charge in [-0.1, -0.05) is 11.6 Å². The van der Waals surface area contributed by atoms with Crippen LogP contribution < -0.4 is 9.46 Å². The fourth-order valence-electron chi connectivity index (χ4n) is 2.01. The predicted molar refractivity (Wildman–Crippen MR) is 86.6 cm³/mol. The van der Waals surface area contributed by atoms with Crippen molar-refractivity contribution < 1.29 is 23.1 Å². The Morgan fingerprint density at radius 1 is 1.17 bits per heavy atom. The molecule has 0 saturated carbocycles. The normalized spacial score (nSPS) is 11.0. The summed E-state index contributed by atoms with van der Waals surface area (Å²) >= 11 is 0. The number of carboxylic acid groups (broad SMARTS) is 1. The van der Waals surface area contributed by atoms with Crippen molar-refractivity contribution in [2.24, 2.45) is 0 Å². The fourth-order valence-corrected chi connectivity index (χ4v) is 3.09. The van der Waals surface area contributed by atoms with E-state index < -0.39 is 16.0 Å². The minimum absolute atomic E-state index is 0.0250. The lowest BCUT2D eigenvalue weighted by molar-refractivity contribution is 0.0698. The highest BCUT2D eigenvalue weighted by atomic mass is 32.2.